The van der Waals surface area contributed by atoms with Gasteiger partial charge in [0, 0.05) is 39.0 Å². The van der Waals surface area contributed by atoms with Crippen LogP contribution in [0.25, 0.3) is 0 Å². The van der Waals surface area contributed by atoms with Gasteiger partial charge in [0.2, 0.25) is 0 Å². The lowest BCUT2D eigenvalue weighted by molar-refractivity contribution is 0.231. The maximum atomic E-state index is 13.3. The van der Waals surface area contributed by atoms with Crippen LogP contribution in [0.4, 0.5) is 10.1 Å². The molecular weight excluding hydrogens is 231 g/mol. The smallest absolute Gasteiger partial charge is 0.125 e. The van der Waals surface area contributed by atoms with E-state index in [1.165, 1.54) is 6.07 Å². The van der Waals surface area contributed by atoms with Crippen molar-refractivity contribution >= 4 is 5.69 Å². The van der Waals surface area contributed by atoms with Gasteiger partial charge in [0.25, 0.3) is 0 Å². The SMILES string of the molecule is CC(CO)CNC(C)c1ccc(F)cc1N(C)C. The maximum absolute atomic E-state index is 13.3. The highest BCUT2D eigenvalue weighted by atomic mass is 19.1. The number of aliphatic hydroxyl groups is 1. The number of anilines is 1. The summed E-state index contributed by atoms with van der Waals surface area (Å²) in [4.78, 5) is 1.91. The fraction of sp³-hybridized carbons (Fsp3) is 0.571. The van der Waals surface area contributed by atoms with Gasteiger partial charge in [-0.15, -0.1) is 0 Å². The van der Waals surface area contributed by atoms with E-state index in [4.69, 9.17) is 5.11 Å². The number of rotatable bonds is 6. The van der Waals surface area contributed by atoms with Crippen LogP contribution in [0.1, 0.15) is 25.5 Å². The summed E-state index contributed by atoms with van der Waals surface area (Å²) in [6.07, 6.45) is 0. The Balaban J connectivity index is 2.81. The first-order chi connectivity index (χ1) is 8.45. The van der Waals surface area contributed by atoms with Gasteiger partial charge in [-0.25, -0.2) is 4.39 Å². The first-order valence-corrected chi connectivity index (χ1v) is 6.26. The van der Waals surface area contributed by atoms with Crippen LogP contribution in [-0.2, 0) is 0 Å². The summed E-state index contributed by atoms with van der Waals surface area (Å²) in [6, 6.07) is 4.96. The Kier molecular flexibility index (Phi) is 5.56. The normalized spacial score (nSPS) is 14.3. The van der Waals surface area contributed by atoms with Crippen LogP contribution in [0.5, 0.6) is 0 Å². The highest BCUT2D eigenvalue weighted by Crippen LogP contribution is 2.26. The van der Waals surface area contributed by atoms with Crippen molar-refractivity contribution in [2.24, 2.45) is 5.92 Å². The molecule has 1 aromatic carbocycles. The Morgan fingerprint density at radius 1 is 1.33 bits per heavy atom. The average Bonchev–Trinajstić information content (AvgIpc) is 2.35. The van der Waals surface area contributed by atoms with Gasteiger partial charge in [0.15, 0.2) is 0 Å². The van der Waals surface area contributed by atoms with Crippen LogP contribution < -0.4 is 10.2 Å². The van der Waals surface area contributed by atoms with Crippen LogP contribution in [0.15, 0.2) is 18.2 Å². The number of nitrogens with zero attached hydrogens (tertiary/aromatic N) is 1. The number of benzene rings is 1. The molecule has 0 amide bonds. The van der Waals surface area contributed by atoms with E-state index in [0.29, 0.717) is 0 Å². The van der Waals surface area contributed by atoms with Gasteiger partial charge in [-0.05, 0) is 30.5 Å². The van der Waals surface area contributed by atoms with Gasteiger partial charge in [0.05, 0.1) is 0 Å². The Morgan fingerprint density at radius 2 is 2.00 bits per heavy atom. The molecule has 0 spiro atoms. The number of nitrogens with one attached hydrogen (secondary N) is 1. The second-order valence-corrected chi connectivity index (χ2v) is 5.02. The minimum atomic E-state index is -0.224. The molecule has 0 aliphatic carbocycles. The highest BCUT2D eigenvalue weighted by molar-refractivity contribution is 5.54. The molecule has 0 fully saturated rings. The summed E-state index contributed by atoms with van der Waals surface area (Å²) in [5.41, 5.74) is 1.94. The lowest BCUT2D eigenvalue weighted by Gasteiger charge is -2.23. The molecule has 0 saturated carbocycles. The first-order valence-electron chi connectivity index (χ1n) is 6.26. The summed E-state index contributed by atoms with van der Waals surface area (Å²) < 4.78 is 13.3. The van der Waals surface area contributed by atoms with E-state index in [2.05, 4.69) is 5.32 Å². The largest absolute Gasteiger partial charge is 0.396 e. The van der Waals surface area contributed by atoms with E-state index >= 15 is 0 Å². The van der Waals surface area contributed by atoms with Crippen molar-refractivity contribution in [2.75, 3.05) is 32.1 Å². The lowest BCUT2D eigenvalue weighted by Crippen LogP contribution is -2.27. The molecule has 0 heterocycles. The molecule has 1 aromatic rings. The van der Waals surface area contributed by atoms with E-state index in [9.17, 15) is 4.39 Å². The second kappa shape index (κ2) is 6.71. The summed E-state index contributed by atoms with van der Waals surface area (Å²) in [7, 11) is 3.81. The van der Waals surface area contributed by atoms with Crippen molar-refractivity contribution in [1.29, 1.82) is 0 Å². The Labute approximate surface area is 109 Å². The van der Waals surface area contributed by atoms with E-state index in [1.807, 2.05) is 38.9 Å². The molecule has 0 aliphatic rings. The van der Waals surface area contributed by atoms with Crippen LogP contribution >= 0.6 is 0 Å². The zero-order valence-electron chi connectivity index (χ0n) is 11.6. The van der Waals surface area contributed by atoms with Crippen molar-refractivity contribution in [3.8, 4) is 0 Å². The number of halogens is 1. The van der Waals surface area contributed by atoms with E-state index in [-0.39, 0.29) is 24.4 Å². The van der Waals surface area contributed by atoms with Gasteiger partial charge >= 0.3 is 0 Å². The van der Waals surface area contributed by atoms with Crippen molar-refractivity contribution in [2.45, 2.75) is 19.9 Å². The molecule has 0 bridgehead atoms. The molecule has 18 heavy (non-hydrogen) atoms. The lowest BCUT2D eigenvalue weighted by atomic mass is 10.0. The van der Waals surface area contributed by atoms with Crippen molar-refractivity contribution < 1.29 is 9.50 Å². The minimum absolute atomic E-state index is 0.122. The van der Waals surface area contributed by atoms with Gasteiger partial charge in [-0.1, -0.05) is 13.0 Å². The fourth-order valence-electron chi connectivity index (χ4n) is 1.82. The molecule has 4 heteroatoms. The number of hydrogen-bond acceptors (Lipinski definition) is 3. The predicted molar refractivity (Wildman–Crippen MR) is 73.4 cm³/mol. The summed E-state index contributed by atoms with van der Waals surface area (Å²) in [6.45, 7) is 4.94. The van der Waals surface area contributed by atoms with E-state index < -0.39 is 0 Å². The quantitative estimate of drug-likeness (QED) is 0.816. The monoisotopic (exact) mass is 254 g/mol. The van der Waals surface area contributed by atoms with Crippen LogP contribution in [0, 0.1) is 11.7 Å². The Bertz CT molecular complexity index is 382. The van der Waals surface area contributed by atoms with E-state index in [1.54, 1.807) is 6.07 Å². The highest BCUT2D eigenvalue weighted by Gasteiger charge is 2.13. The minimum Gasteiger partial charge on any atom is -0.396 e. The predicted octanol–water partition coefficient (Wildman–Crippen LogP) is 2.17. The van der Waals surface area contributed by atoms with Crippen LogP contribution in [0.3, 0.4) is 0 Å². The van der Waals surface area contributed by atoms with Gasteiger partial charge in [-0.2, -0.15) is 0 Å². The molecule has 2 unspecified atom stereocenters. The third kappa shape index (κ3) is 3.96. The first kappa shape index (κ1) is 14.9. The second-order valence-electron chi connectivity index (χ2n) is 5.02. The van der Waals surface area contributed by atoms with Crippen LogP contribution in [0.2, 0.25) is 0 Å². The Hall–Kier alpha value is -1.13. The third-order valence-corrected chi connectivity index (χ3v) is 3.02. The molecule has 3 nitrogen and oxygen atoms in total. The van der Waals surface area contributed by atoms with Gasteiger partial charge in [0.1, 0.15) is 5.82 Å². The van der Waals surface area contributed by atoms with E-state index in [0.717, 1.165) is 17.8 Å². The van der Waals surface area contributed by atoms with Crippen molar-refractivity contribution in [3.63, 3.8) is 0 Å². The molecular formula is C14H23FN2O. The molecule has 0 aliphatic heterocycles. The summed E-state index contributed by atoms with van der Waals surface area (Å²) in [5, 5.41) is 12.4. The molecule has 2 N–H and O–H groups in total. The topological polar surface area (TPSA) is 35.5 Å². The molecule has 1 rings (SSSR count). The zero-order valence-corrected chi connectivity index (χ0v) is 11.6. The van der Waals surface area contributed by atoms with Gasteiger partial charge in [-0.3, -0.25) is 0 Å². The number of hydrogen-bond donors (Lipinski definition) is 2. The Morgan fingerprint density at radius 3 is 2.56 bits per heavy atom. The molecule has 102 valence electrons. The standard InChI is InChI=1S/C14H23FN2O/c1-10(9-18)8-16-11(2)13-6-5-12(15)7-14(13)17(3)4/h5-7,10-11,16,18H,8-9H2,1-4H3. The van der Waals surface area contributed by atoms with Crippen molar-refractivity contribution in [3.05, 3.63) is 29.6 Å². The molecule has 0 saturated heterocycles. The molecule has 0 aromatic heterocycles. The maximum Gasteiger partial charge on any atom is 0.125 e. The molecule has 2 atom stereocenters. The fourth-order valence-corrected chi connectivity index (χ4v) is 1.82. The average molecular weight is 254 g/mol. The number of aliphatic hydroxyl groups excluding tert-OH is 1. The third-order valence-electron chi connectivity index (χ3n) is 3.02. The zero-order chi connectivity index (χ0) is 13.7. The summed E-state index contributed by atoms with van der Waals surface area (Å²) >= 11 is 0. The van der Waals surface area contributed by atoms with Crippen LogP contribution in [-0.4, -0.2) is 32.4 Å². The summed E-state index contributed by atoms with van der Waals surface area (Å²) in [5.74, 6) is -0.00548. The molecule has 0 radical (unpaired) electrons. The van der Waals surface area contributed by atoms with Gasteiger partial charge < -0.3 is 15.3 Å². The van der Waals surface area contributed by atoms with Crippen molar-refractivity contribution in [1.82, 2.24) is 5.32 Å².